The third kappa shape index (κ3) is 4.57. The van der Waals surface area contributed by atoms with E-state index in [9.17, 15) is 9.59 Å². The van der Waals surface area contributed by atoms with Crippen molar-refractivity contribution in [2.24, 2.45) is 0 Å². The predicted molar refractivity (Wildman–Crippen MR) is 108 cm³/mol. The van der Waals surface area contributed by atoms with Crippen molar-refractivity contribution in [2.75, 3.05) is 18.5 Å². The Kier molecular flexibility index (Phi) is 5.48. The molecule has 0 spiro atoms. The van der Waals surface area contributed by atoms with Crippen LogP contribution in [0.15, 0.2) is 54.7 Å². The van der Waals surface area contributed by atoms with Gasteiger partial charge in [-0.15, -0.1) is 0 Å². The molecule has 1 saturated heterocycles. The molecule has 2 N–H and O–H groups in total. The third-order valence-electron chi connectivity index (χ3n) is 4.91. The molecule has 0 saturated carbocycles. The van der Waals surface area contributed by atoms with Gasteiger partial charge in [-0.3, -0.25) is 9.59 Å². The number of benzene rings is 2. The lowest BCUT2D eigenvalue weighted by Gasteiger charge is -2.12. The lowest BCUT2D eigenvalue weighted by molar-refractivity contribution is -0.137. The van der Waals surface area contributed by atoms with Crippen molar-refractivity contribution in [3.8, 4) is 5.75 Å². The van der Waals surface area contributed by atoms with E-state index >= 15 is 0 Å². The van der Waals surface area contributed by atoms with Gasteiger partial charge >= 0.3 is 5.97 Å². The second-order valence-electron chi connectivity index (χ2n) is 7.04. The number of nitrogens with zero attached hydrogens (tertiary/aromatic N) is 1. The van der Waals surface area contributed by atoms with E-state index in [0.717, 1.165) is 30.4 Å². The van der Waals surface area contributed by atoms with E-state index in [4.69, 9.17) is 14.6 Å². The van der Waals surface area contributed by atoms with Crippen molar-refractivity contribution in [2.45, 2.75) is 25.5 Å². The molecule has 0 bridgehead atoms. The predicted octanol–water partition coefficient (Wildman–Crippen LogP) is 3.54. The van der Waals surface area contributed by atoms with E-state index in [1.807, 2.05) is 12.1 Å². The number of anilines is 1. The van der Waals surface area contributed by atoms with Gasteiger partial charge in [-0.1, -0.05) is 0 Å². The SMILES string of the molecule is O=C(O)Cn1ccc2cc(NC(=O)c3ccc(OCC4CCCO4)cc3)ccc21. The number of hydrogen-bond acceptors (Lipinski definition) is 4. The fraction of sp³-hybridized carbons (Fsp3) is 0.273. The highest BCUT2D eigenvalue weighted by molar-refractivity contribution is 6.05. The number of carbonyl (C=O) groups excluding carboxylic acids is 1. The van der Waals surface area contributed by atoms with Crippen LogP contribution in [0.2, 0.25) is 0 Å². The van der Waals surface area contributed by atoms with Crippen LogP contribution in [0.5, 0.6) is 5.75 Å². The molecular weight excluding hydrogens is 372 g/mol. The topological polar surface area (TPSA) is 89.8 Å². The minimum absolute atomic E-state index is 0.101. The average Bonchev–Trinajstić information content (AvgIpc) is 3.36. The molecule has 1 amide bonds. The molecular formula is C22H22N2O5. The molecule has 0 radical (unpaired) electrons. The fourth-order valence-corrected chi connectivity index (χ4v) is 3.43. The molecule has 1 aliphatic heterocycles. The second-order valence-corrected chi connectivity index (χ2v) is 7.04. The van der Waals surface area contributed by atoms with Gasteiger partial charge in [0, 0.05) is 35.0 Å². The number of ether oxygens (including phenoxy) is 2. The Hall–Kier alpha value is -3.32. The lowest BCUT2D eigenvalue weighted by atomic mass is 10.2. The van der Waals surface area contributed by atoms with Crippen molar-refractivity contribution >= 4 is 28.5 Å². The maximum absolute atomic E-state index is 12.5. The molecule has 150 valence electrons. The number of aromatic nitrogens is 1. The van der Waals surface area contributed by atoms with E-state index < -0.39 is 5.97 Å². The molecule has 29 heavy (non-hydrogen) atoms. The molecule has 1 atom stereocenters. The van der Waals surface area contributed by atoms with Gasteiger partial charge in [0.15, 0.2) is 0 Å². The Morgan fingerprint density at radius 3 is 2.72 bits per heavy atom. The van der Waals surface area contributed by atoms with Crippen LogP contribution in [0.4, 0.5) is 5.69 Å². The smallest absolute Gasteiger partial charge is 0.323 e. The zero-order chi connectivity index (χ0) is 20.2. The quantitative estimate of drug-likeness (QED) is 0.640. The highest BCUT2D eigenvalue weighted by atomic mass is 16.5. The van der Waals surface area contributed by atoms with Crippen molar-refractivity contribution in [1.82, 2.24) is 4.57 Å². The molecule has 7 nitrogen and oxygen atoms in total. The Morgan fingerprint density at radius 1 is 1.17 bits per heavy atom. The van der Waals surface area contributed by atoms with Gasteiger partial charge in [0.1, 0.15) is 18.9 Å². The van der Waals surface area contributed by atoms with Crippen LogP contribution in [0.25, 0.3) is 10.9 Å². The fourth-order valence-electron chi connectivity index (χ4n) is 3.43. The molecule has 1 fully saturated rings. The number of hydrogen-bond donors (Lipinski definition) is 2. The molecule has 2 aromatic carbocycles. The number of nitrogens with one attached hydrogen (secondary N) is 1. The third-order valence-corrected chi connectivity index (χ3v) is 4.91. The normalized spacial score (nSPS) is 16.1. The summed E-state index contributed by atoms with van der Waals surface area (Å²) in [6, 6.07) is 14.2. The van der Waals surface area contributed by atoms with Crippen molar-refractivity contribution in [3.63, 3.8) is 0 Å². The Morgan fingerprint density at radius 2 is 2.00 bits per heavy atom. The first-order valence-corrected chi connectivity index (χ1v) is 9.55. The van der Waals surface area contributed by atoms with Gasteiger partial charge in [0.25, 0.3) is 5.91 Å². The summed E-state index contributed by atoms with van der Waals surface area (Å²) >= 11 is 0. The summed E-state index contributed by atoms with van der Waals surface area (Å²) in [6.45, 7) is 1.22. The second kappa shape index (κ2) is 8.36. The van der Waals surface area contributed by atoms with Crippen LogP contribution in [-0.2, 0) is 16.1 Å². The minimum Gasteiger partial charge on any atom is -0.491 e. The van der Waals surface area contributed by atoms with Gasteiger partial charge in [-0.05, 0) is 61.4 Å². The first-order valence-electron chi connectivity index (χ1n) is 9.55. The van der Waals surface area contributed by atoms with Crippen LogP contribution in [0, 0.1) is 0 Å². The zero-order valence-corrected chi connectivity index (χ0v) is 15.8. The van der Waals surface area contributed by atoms with Crippen LogP contribution in [0.3, 0.4) is 0 Å². The van der Waals surface area contributed by atoms with Crippen molar-refractivity contribution in [1.29, 1.82) is 0 Å². The average molecular weight is 394 g/mol. The van der Waals surface area contributed by atoms with Crippen LogP contribution >= 0.6 is 0 Å². The molecule has 0 aliphatic carbocycles. The summed E-state index contributed by atoms with van der Waals surface area (Å²) in [7, 11) is 0. The molecule has 3 aromatic rings. The minimum atomic E-state index is -0.900. The van der Waals surface area contributed by atoms with Gasteiger partial charge in [-0.2, -0.15) is 0 Å². The van der Waals surface area contributed by atoms with E-state index in [-0.39, 0.29) is 18.6 Å². The summed E-state index contributed by atoms with van der Waals surface area (Å²) in [5, 5.41) is 12.7. The first kappa shape index (κ1) is 19.0. The zero-order valence-electron chi connectivity index (χ0n) is 15.8. The highest BCUT2D eigenvalue weighted by Crippen LogP contribution is 2.22. The Balaban J connectivity index is 1.38. The van der Waals surface area contributed by atoms with Crippen molar-refractivity contribution < 1.29 is 24.2 Å². The number of aliphatic carboxylic acids is 1. The monoisotopic (exact) mass is 394 g/mol. The Labute approximate surface area is 167 Å². The number of rotatable bonds is 7. The van der Waals surface area contributed by atoms with Crippen LogP contribution in [0.1, 0.15) is 23.2 Å². The summed E-state index contributed by atoms with van der Waals surface area (Å²) in [5.41, 5.74) is 1.98. The van der Waals surface area contributed by atoms with Crippen LogP contribution in [-0.4, -0.2) is 40.9 Å². The maximum atomic E-state index is 12.5. The standard InChI is InChI=1S/C22H22N2O5/c25-21(26)13-24-10-9-16-12-17(5-8-20(16)24)23-22(27)15-3-6-18(7-4-15)29-14-19-2-1-11-28-19/h3-10,12,19H,1-2,11,13-14H2,(H,23,27)(H,25,26). The van der Waals surface area contributed by atoms with Gasteiger partial charge in [0.2, 0.25) is 0 Å². The number of carboxylic acid groups (broad SMARTS) is 1. The van der Waals surface area contributed by atoms with E-state index in [2.05, 4.69) is 5.32 Å². The summed E-state index contributed by atoms with van der Waals surface area (Å²) in [5.74, 6) is -0.415. The van der Waals surface area contributed by atoms with Crippen LogP contribution < -0.4 is 10.1 Å². The van der Waals surface area contributed by atoms with Gasteiger partial charge < -0.3 is 24.5 Å². The summed E-state index contributed by atoms with van der Waals surface area (Å²) in [4.78, 5) is 23.4. The largest absolute Gasteiger partial charge is 0.491 e. The molecule has 2 heterocycles. The number of carboxylic acids is 1. The highest BCUT2D eigenvalue weighted by Gasteiger charge is 2.16. The molecule has 1 aliphatic rings. The van der Waals surface area contributed by atoms with Crippen molar-refractivity contribution in [3.05, 3.63) is 60.3 Å². The van der Waals surface area contributed by atoms with Gasteiger partial charge in [0.05, 0.1) is 6.10 Å². The van der Waals surface area contributed by atoms with E-state index in [1.165, 1.54) is 0 Å². The summed E-state index contributed by atoms with van der Waals surface area (Å²) in [6.07, 6.45) is 3.96. The van der Waals surface area contributed by atoms with E-state index in [1.54, 1.807) is 47.2 Å². The van der Waals surface area contributed by atoms with Gasteiger partial charge in [-0.25, -0.2) is 0 Å². The molecule has 4 rings (SSSR count). The number of carbonyl (C=O) groups is 2. The number of amides is 1. The lowest BCUT2D eigenvalue weighted by Crippen LogP contribution is -2.16. The molecule has 1 aromatic heterocycles. The maximum Gasteiger partial charge on any atom is 0.323 e. The number of fused-ring (bicyclic) bond motifs is 1. The first-order chi connectivity index (χ1) is 14.1. The Bertz CT molecular complexity index is 1020. The van der Waals surface area contributed by atoms with E-state index in [0.29, 0.717) is 23.6 Å². The summed E-state index contributed by atoms with van der Waals surface area (Å²) < 4.78 is 12.9. The molecule has 1 unspecified atom stereocenters. The molecule has 7 heteroatoms.